The van der Waals surface area contributed by atoms with E-state index in [0.29, 0.717) is 13.2 Å². The first-order chi connectivity index (χ1) is 11.7. The normalized spacial score (nSPS) is 26.2. The average molecular weight is 326 g/mol. The van der Waals surface area contributed by atoms with Gasteiger partial charge < -0.3 is 19.5 Å². The molecule has 2 atom stereocenters. The third-order valence-electron chi connectivity index (χ3n) is 4.99. The van der Waals surface area contributed by atoms with Crippen molar-refractivity contribution < 1.29 is 9.53 Å². The lowest BCUT2D eigenvalue weighted by Crippen LogP contribution is -2.36. The van der Waals surface area contributed by atoms with Gasteiger partial charge in [-0.15, -0.1) is 0 Å². The molecule has 2 aliphatic heterocycles. The maximum Gasteiger partial charge on any atom is 0.270 e. The molecule has 0 aromatic carbocycles. The van der Waals surface area contributed by atoms with Gasteiger partial charge in [-0.1, -0.05) is 6.07 Å². The molecule has 0 bridgehead atoms. The number of nitrogens with zero attached hydrogens (tertiary/aromatic N) is 3. The molecule has 24 heavy (non-hydrogen) atoms. The largest absolute Gasteiger partial charge is 0.371 e. The van der Waals surface area contributed by atoms with Gasteiger partial charge in [-0.25, -0.2) is 4.98 Å². The highest BCUT2D eigenvalue weighted by Gasteiger charge is 2.47. The molecule has 2 aromatic heterocycles. The predicted octanol–water partition coefficient (Wildman–Crippen LogP) is 1.91. The van der Waals surface area contributed by atoms with Gasteiger partial charge in [0.2, 0.25) is 0 Å². The summed E-state index contributed by atoms with van der Waals surface area (Å²) < 4.78 is 7.99. The zero-order valence-electron chi connectivity index (χ0n) is 13.8. The highest BCUT2D eigenvalue weighted by atomic mass is 16.5. The molecular formula is C18H22N4O2. The van der Waals surface area contributed by atoms with Gasteiger partial charge in [0, 0.05) is 32.4 Å². The number of carbonyl (C=O) groups excluding carboxylic acids is 1. The van der Waals surface area contributed by atoms with E-state index in [9.17, 15) is 4.79 Å². The summed E-state index contributed by atoms with van der Waals surface area (Å²) in [4.78, 5) is 18.9. The van der Waals surface area contributed by atoms with E-state index in [1.807, 2.05) is 53.0 Å². The monoisotopic (exact) mass is 326 g/mol. The standard InChI is InChI=1S/C18H22N4O2/c1-21-9-4-5-15(21)17(23)22-10-7-18(13-22)11-14(12-24-18)20-16-6-2-3-8-19-16/h2-6,8-9,14H,7,10-13H2,1H3,(H,19,20). The molecule has 1 N–H and O–H groups in total. The third-order valence-corrected chi connectivity index (χ3v) is 4.99. The Labute approximate surface area is 141 Å². The van der Waals surface area contributed by atoms with E-state index in [0.717, 1.165) is 30.9 Å². The Morgan fingerprint density at radius 2 is 2.29 bits per heavy atom. The van der Waals surface area contributed by atoms with Gasteiger partial charge in [-0.2, -0.15) is 0 Å². The highest BCUT2D eigenvalue weighted by Crippen LogP contribution is 2.36. The van der Waals surface area contributed by atoms with Crippen molar-refractivity contribution in [2.75, 3.05) is 25.0 Å². The SMILES string of the molecule is Cn1cccc1C(=O)N1CCC2(CC(Nc3ccccn3)CO2)C1. The summed E-state index contributed by atoms with van der Waals surface area (Å²) in [5.41, 5.74) is 0.515. The number of amides is 1. The summed E-state index contributed by atoms with van der Waals surface area (Å²) in [6.45, 7) is 2.07. The lowest BCUT2D eigenvalue weighted by Gasteiger charge is -2.23. The lowest BCUT2D eigenvalue weighted by atomic mass is 9.97. The van der Waals surface area contributed by atoms with Crippen LogP contribution in [0.3, 0.4) is 0 Å². The average Bonchev–Trinajstić information content (AvgIpc) is 3.30. The van der Waals surface area contributed by atoms with Crippen LogP contribution in [0.1, 0.15) is 23.3 Å². The number of rotatable bonds is 3. The Morgan fingerprint density at radius 3 is 3.04 bits per heavy atom. The topological polar surface area (TPSA) is 59.4 Å². The molecule has 6 nitrogen and oxygen atoms in total. The second kappa shape index (κ2) is 5.94. The molecule has 1 spiro atoms. The summed E-state index contributed by atoms with van der Waals surface area (Å²) >= 11 is 0. The molecule has 2 unspecified atom stereocenters. The second-order valence-corrected chi connectivity index (χ2v) is 6.74. The van der Waals surface area contributed by atoms with Crippen LogP contribution in [0.2, 0.25) is 0 Å². The number of nitrogens with one attached hydrogen (secondary N) is 1. The van der Waals surface area contributed by atoms with Gasteiger partial charge >= 0.3 is 0 Å². The van der Waals surface area contributed by atoms with Crippen molar-refractivity contribution in [3.8, 4) is 0 Å². The van der Waals surface area contributed by atoms with Crippen molar-refractivity contribution in [2.24, 2.45) is 7.05 Å². The van der Waals surface area contributed by atoms with Crippen LogP contribution >= 0.6 is 0 Å². The number of ether oxygens (including phenoxy) is 1. The molecule has 126 valence electrons. The molecular weight excluding hydrogens is 304 g/mol. The maximum atomic E-state index is 12.7. The van der Waals surface area contributed by atoms with E-state index in [1.165, 1.54) is 0 Å². The first-order valence-corrected chi connectivity index (χ1v) is 8.37. The van der Waals surface area contributed by atoms with E-state index in [1.54, 1.807) is 6.20 Å². The first-order valence-electron chi connectivity index (χ1n) is 8.37. The van der Waals surface area contributed by atoms with Gasteiger partial charge in [0.05, 0.1) is 24.8 Å². The van der Waals surface area contributed by atoms with Crippen LogP contribution in [0, 0.1) is 0 Å². The minimum absolute atomic E-state index is 0.0871. The lowest BCUT2D eigenvalue weighted by molar-refractivity contribution is 0.0124. The molecule has 2 saturated heterocycles. The van der Waals surface area contributed by atoms with Crippen LogP contribution in [0.4, 0.5) is 5.82 Å². The van der Waals surface area contributed by atoms with Gasteiger partial charge in [-0.3, -0.25) is 4.79 Å². The number of anilines is 1. The van der Waals surface area contributed by atoms with Gasteiger partial charge in [-0.05, 0) is 30.7 Å². The minimum atomic E-state index is -0.215. The van der Waals surface area contributed by atoms with Crippen molar-refractivity contribution in [1.29, 1.82) is 0 Å². The van der Waals surface area contributed by atoms with Crippen LogP contribution in [-0.4, -0.2) is 51.7 Å². The smallest absolute Gasteiger partial charge is 0.270 e. The molecule has 0 saturated carbocycles. The molecule has 2 fully saturated rings. The van der Waals surface area contributed by atoms with E-state index in [2.05, 4.69) is 10.3 Å². The zero-order chi connectivity index (χ0) is 16.6. The van der Waals surface area contributed by atoms with E-state index >= 15 is 0 Å². The van der Waals surface area contributed by atoms with E-state index in [4.69, 9.17) is 4.74 Å². The van der Waals surface area contributed by atoms with Crippen molar-refractivity contribution >= 4 is 11.7 Å². The molecule has 6 heteroatoms. The molecule has 2 aliphatic rings. The summed E-state index contributed by atoms with van der Waals surface area (Å²) in [6.07, 6.45) is 5.48. The second-order valence-electron chi connectivity index (χ2n) is 6.74. The molecule has 4 heterocycles. The third kappa shape index (κ3) is 2.78. The highest BCUT2D eigenvalue weighted by molar-refractivity contribution is 5.93. The van der Waals surface area contributed by atoms with Gasteiger partial charge in [0.25, 0.3) is 5.91 Å². The summed E-state index contributed by atoms with van der Waals surface area (Å²) in [5, 5.41) is 3.43. The summed E-state index contributed by atoms with van der Waals surface area (Å²) in [7, 11) is 1.90. The Balaban J connectivity index is 1.40. The van der Waals surface area contributed by atoms with E-state index in [-0.39, 0.29) is 17.6 Å². The quantitative estimate of drug-likeness (QED) is 0.936. The maximum absolute atomic E-state index is 12.7. The van der Waals surface area contributed by atoms with Gasteiger partial charge in [0.15, 0.2) is 0 Å². The molecule has 1 amide bonds. The number of hydrogen-bond acceptors (Lipinski definition) is 4. The zero-order valence-corrected chi connectivity index (χ0v) is 13.8. The van der Waals surface area contributed by atoms with Crippen LogP contribution < -0.4 is 5.32 Å². The van der Waals surface area contributed by atoms with Crippen LogP contribution in [0.15, 0.2) is 42.7 Å². The molecule has 0 radical (unpaired) electrons. The number of carbonyl (C=O) groups is 1. The Hall–Kier alpha value is -2.34. The van der Waals surface area contributed by atoms with Crippen molar-refractivity contribution in [2.45, 2.75) is 24.5 Å². The molecule has 0 aliphatic carbocycles. The Bertz CT molecular complexity index is 730. The van der Waals surface area contributed by atoms with Gasteiger partial charge in [0.1, 0.15) is 11.5 Å². The Morgan fingerprint density at radius 1 is 1.38 bits per heavy atom. The number of aromatic nitrogens is 2. The fourth-order valence-electron chi connectivity index (χ4n) is 3.74. The minimum Gasteiger partial charge on any atom is -0.371 e. The number of hydrogen-bond donors (Lipinski definition) is 1. The van der Waals surface area contributed by atoms with Crippen LogP contribution in [0.5, 0.6) is 0 Å². The van der Waals surface area contributed by atoms with Crippen molar-refractivity contribution in [1.82, 2.24) is 14.5 Å². The molecule has 4 rings (SSSR count). The molecule has 2 aromatic rings. The van der Waals surface area contributed by atoms with Crippen molar-refractivity contribution in [3.05, 3.63) is 48.4 Å². The first kappa shape index (κ1) is 15.2. The van der Waals surface area contributed by atoms with Crippen molar-refractivity contribution in [3.63, 3.8) is 0 Å². The fraction of sp³-hybridized carbons (Fsp3) is 0.444. The predicted molar refractivity (Wildman–Crippen MR) is 90.9 cm³/mol. The van der Waals surface area contributed by atoms with Crippen LogP contribution in [0.25, 0.3) is 0 Å². The summed E-state index contributed by atoms with van der Waals surface area (Å²) in [6, 6.07) is 9.85. The fourth-order valence-corrected chi connectivity index (χ4v) is 3.74. The number of likely N-dealkylation sites (tertiary alicyclic amines) is 1. The Kier molecular flexibility index (Phi) is 3.76. The summed E-state index contributed by atoms with van der Waals surface area (Å²) in [5.74, 6) is 0.960. The number of aryl methyl sites for hydroxylation is 1. The number of pyridine rings is 1. The van der Waals surface area contributed by atoms with Crippen LogP contribution in [-0.2, 0) is 11.8 Å². The van der Waals surface area contributed by atoms with E-state index < -0.39 is 0 Å².